The number of aromatic nitrogens is 3. The van der Waals surface area contributed by atoms with Crippen molar-refractivity contribution in [1.82, 2.24) is 19.7 Å². The van der Waals surface area contributed by atoms with Crippen LogP contribution in [-0.2, 0) is 0 Å². The summed E-state index contributed by atoms with van der Waals surface area (Å²) in [7, 11) is 0. The Morgan fingerprint density at radius 3 is 3.08 bits per heavy atom. The number of aryl methyl sites for hydroxylation is 1. The maximum absolute atomic E-state index is 12.1. The van der Waals surface area contributed by atoms with Crippen molar-refractivity contribution in [2.45, 2.75) is 13.0 Å². The zero-order valence-corrected chi connectivity index (χ0v) is 14.3. The summed E-state index contributed by atoms with van der Waals surface area (Å²) in [6.07, 6.45) is 4.08. The second-order valence-corrected chi connectivity index (χ2v) is 5.95. The standard InChI is InChI=1S/C17H17ClN4O3/c1-11-7-13(3-4-14(11)18)25-10-12(23)8-20-16(24)15-9-22-6-2-5-19-17(22)21-15/h2-7,9,12,23H,8,10H2,1H3,(H,20,24). The van der Waals surface area contributed by atoms with E-state index in [0.29, 0.717) is 16.5 Å². The monoisotopic (exact) mass is 360 g/mol. The molecule has 0 aliphatic carbocycles. The SMILES string of the molecule is Cc1cc(OCC(O)CNC(=O)c2cn3cccnc3n2)ccc1Cl. The van der Waals surface area contributed by atoms with Gasteiger partial charge in [0.25, 0.3) is 5.91 Å². The lowest BCUT2D eigenvalue weighted by atomic mass is 10.2. The summed E-state index contributed by atoms with van der Waals surface area (Å²) in [4.78, 5) is 20.3. The first-order valence-corrected chi connectivity index (χ1v) is 8.05. The number of imidazole rings is 1. The third-order valence-corrected chi connectivity index (χ3v) is 3.96. The topological polar surface area (TPSA) is 88.8 Å². The number of amides is 1. The lowest BCUT2D eigenvalue weighted by Crippen LogP contribution is -2.35. The molecule has 0 spiro atoms. The summed E-state index contributed by atoms with van der Waals surface area (Å²) >= 11 is 5.95. The van der Waals surface area contributed by atoms with Crippen molar-refractivity contribution in [3.63, 3.8) is 0 Å². The average molecular weight is 361 g/mol. The number of benzene rings is 1. The number of aliphatic hydroxyl groups is 1. The Bertz CT molecular complexity index is 863. The van der Waals surface area contributed by atoms with Crippen LogP contribution in [0.2, 0.25) is 5.02 Å². The fourth-order valence-corrected chi connectivity index (χ4v) is 2.32. The Morgan fingerprint density at radius 1 is 1.48 bits per heavy atom. The van der Waals surface area contributed by atoms with Gasteiger partial charge in [-0.15, -0.1) is 0 Å². The molecular formula is C17H17ClN4O3. The molecule has 8 heteroatoms. The first-order chi connectivity index (χ1) is 12.0. The highest BCUT2D eigenvalue weighted by Crippen LogP contribution is 2.21. The fourth-order valence-electron chi connectivity index (χ4n) is 2.20. The van der Waals surface area contributed by atoms with Gasteiger partial charge in [-0.2, -0.15) is 0 Å². The summed E-state index contributed by atoms with van der Waals surface area (Å²) in [5, 5.41) is 13.2. The molecular weight excluding hydrogens is 344 g/mol. The van der Waals surface area contributed by atoms with Crippen LogP contribution in [0.5, 0.6) is 5.75 Å². The quantitative estimate of drug-likeness (QED) is 0.700. The van der Waals surface area contributed by atoms with E-state index in [9.17, 15) is 9.90 Å². The molecule has 0 aliphatic rings. The van der Waals surface area contributed by atoms with E-state index >= 15 is 0 Å². The van der Waals surface area contributed by atoms with E-state index in [1.807, 2.05) is 6.92 Å². The smallest absolute Gasteiger partial charge is 0.271 e. The van der Waals surface area contributed by atoms with Crippen molar-refractivity contribution >= 4 is 23.3 Å². The Balaban J connectivity index is 1.50. The molecule has 0 saturated heterocycles. The number of carbonyl (C=O) groups is 1. The average Bonchev–Trinajstić information content (AvgIpc) is 3.05. The molecule has 3 rings (SSSR count). The fraction of sp³-hybridized carbons (Fsp3) is 0.235. The van der Waals surface area contributed by atoms with Crippen LogP contribution in [0.1, 0.15) is 16.1 Å². The summed E-state index contributed by atoms with van der Waals surface area (Å²) in [5.74, 6) is 0.667. The molecule has 3 aromatic rings. The summed E-state index contributed by atoms with van der Waals surface area (Å²) in [6.45, 7) is 1.97. The van der Waals surface area contributed by atoms with Gasteiger partial charge in [0.05, 0.1) is 0 Å². The largest absolute Gasteiger partial charge is 0.491 e. The van der Waals surface area contributed by atoms with Gasteiger partial charge in [-0.05, 0) is 36.8 Å². The van der Waals surface area contributed by atoms with Gasteiger partial charge in [0.1, 0.15) is 24.2 Å². The highest BCUT2D eigenvalue weighted by Gasteiger charge is 2.13. The minimum Gasteiger partial charge on any atom is -0.491 e. The van der Waals surface area contributed by atoms with E-state index in [4.69, 9.17) is 16.3 Å². The first-order valence-electron chi connectivity index (χ1n) is 7.68. The van der Waals surface area contributed by atoms with Gasteiger partial charge in [-0.1, -0.05) is 11.6 Å². The van der Waals surface area contributed by atoms with Gasteiger partial charge in [0.2, 0.25) is 5.78 Å². The zero-order chi connectivity index (χ0) is 17.8. The number of nitrogens with one attached hydrogen (secondary N) is 1. The Hall–Kier alpha value is -2.64. The number of rotatable bonds is 6. The van der Waals surface area contributed by atoms with E-state index < -0.39 is 6.10 Å². The number of nitrogens with zero attached hydrogens (tertiary/aromatic N) is 3. The molecule has 1 aromatic carbocycles. The third kappa shape index (κ3) is 4.26. The van der Waals surface area contributed by atoms with Crippen LogP contribution in [-0.4, -0.2) is 44.6 Å². The summed E-state index contributed by atoms with van der Waals surface area (Å²) in [5.41, 5.74) is 1.13. The molecule has 2 aromatic heterocycles. The van der Waals surface area contributed by atoms with Crippen molar-refractivity contribution in [3.8, 4) is 5.75 Å². The Morgan fingerprint density at radius 2 is 2.32 bits per heavy atom. The lowest BCUT2D eigenvalue weighted by molar-refractivity contribution is 0.0840. The molecule has 0 aliphatic heterocycles. The van der Waals surface area contributed by atoms with Gasteiger partial charge < -0.3 is 15.2 Å². The molecule has 0 fully saturated rings. The number of fused-ring (bicyclic) bond motifs is 1. The molecule has 130 valence electrons. The van der Waals surface area contributed by atoms with Crippen LogP contribution in [0, 0.1) is 6.92 Å². The zero-order valence-electron chi connectivity index (χ0n) is 13.5. The molecule has 25 heavy (non-hydrogen) atoms. The van der Waals surface area contributed by atoms with E-state index in [1.165, 1.54) is 0 Å². The van der Waals surface area contributed by atoms with Crippen LogP contribution in [0.3, 0.4) is 0 Å². The van der Waals surface area contributed by atoms with Gasteiger partial charge in [-0.3, -0.25) is 9.20 Å². The van der Waals surface area contributed by atoms with Crippen molar-refractivity contribution < 1.29 is 14.6 Å². The number of halogens is 1. The predicted molar refractivity (Wildman–Crippen MR) is 93.0 cm³/mol. The maximum atomic E-state index is 12.1. The highest BCUT2D eigenvalue weighted by atomic mass is 35.5. The molecule has 2 heterocycles. The predicted octanol–water partition coefficient (Wildman–Crippen LogP) is 1.86. The van der Waals surface area contributed by atoms with Crippen molar-refractivity contribution in [2.75, 3.05) is 13.2 Å². The number of hydrogen-bond donors (Lipinski definition) is 2. The van der Waals surface area contributed by atoms with Crippen LogP contribution in [0.4, 0.5) is 0 Å². The van der Waals surface area contributed by atoms with Gasteiger partial charge in [0, 0.05) is 30.2 Å². The van der Waals surface area contributed by atoms with Gasteiger partial charge >= 0.3 is 0 Å². The number of carbonyl (C=O) groups excluding carboxylic acids is 1. The molecule has 0 bridgehead atoms. The van der Waals surface area contributed by atoms with E-state index in [-0.39, 0.29) is 24.8 Å². The first kappa shape index (κ1) is 17.2. The van der Waals surface area contributed by atoms with Crippen LogP contribution in [0.15, 0.2) is 42.9 Å². The second kappa shape index (κ2) is 7.50. The number of ether oxygens (including phenoxy) is 1. The van der Waals surface area contributed by atoms with Crippen LogP contribution >= 0.6 is 11.6 Å². The molecule has 1 atom stereocenters. The van der Waals surface area contributed by atoms with Gasteiger partial charge in [-0.25, -0.2) is 9.97 Å². The molecule has 1 amide bonds. The number of hydrogen-bond acceptors (Lipinski definition) is 5. The molecule has 7 nitrogen and oxygen atoms in total. The van der Waals surface area contributed by atoms with E-state index in [1.54, 1.807) is 47.3 Å². The molecule has 1 unspecified atom stereocenters. The Labute approximate surface area is 149 Å². The Kier molecular flexibility index (Phi) is 5.16. The minimum atomic E-state index is -0.852. The maximum Gasteiger partial charge on any atom is 0.271 e. The van der Waals surface area contributed by atoms with Gasteiger partial charge in [0.15, 0.2) is 0 Å². The molecule has 2 N–H and O–H groups in total. The van der Waals surface area contributed by atoms with E-state index in [0.717, 1.165) is 5.56 Å². The molecule has 0 radical (unpaired) electrons. The second-order valence-electron chi connectivity index (χ2n) is 5.54. The van der Waals surface area contributed by atoms with Crippen LogP contribution in [0.25, 0.3) is 5.78 Å². The minimum absolute atomic E-state index is 0.0483. The summed E-state index contributed by atoms with van der Waals surface area (Å²) < 4.78 is 7.15. The summed E-state index contributed by atoms with van der Waals surface area (Å²) in [6, 6.07) is 7.00. The normalized spacial score (nSPS) is 12.1. The third-order valence-electron chi connectivity index (χ3n) is 3.54. The highest BCUT2D eigenvalue weighted by molar-refractivity contribution is 6.31. The lowest BCUT2D eigenvalue weighted by Gasteiger charge is -2.13. The van der Waals surface area contributed by atoms with Crippen molar-refractivity contribution in [3.05, 3.63) is 59.1 Å². The van der Waals surface area contributed by atoms with Crippen LogP contribution < -0.4 is 10.1 Å². The van der Waals surface area contributed by atoms with E-state index in [2.05, 4.69) is 15.3 Å². The molecule has 0 saturated carbocycles. The van der Waals surface area contributed by atoms with Crippen molar-refractivity contribution in [1.29, 1.82) is 0 Å². The number of aliphatic hydroxyl groups excluding tert-OH is 1. The van der Waals surface area contributed by atoms with Crippen molar-refractivity contribution in [2.24, 2.45) is 0 Å².